The number of benzene rings is 1. The lowest BCUT2D eigenvalue weighted by atomic mass is 10.1. The monoisotopic (exact) mass is 208 g/mol. The highest BCUT2D eigenvalue weighted by Gasteiger charge is 2.11. The Morgan fingerprint density at radius 3 is 2.67 bits per heavy atom. The lowest BCUT2D eigenvalue weighted by Gasteiger charge is -2.10. The van der Waals surface area contributed by atoms with Crippen molar-refractivity contribution in [1.82, 2.24) is 0 Å². The van der Waals surface area contributed by atoms with Gasteiger partial charge in [-0.1, -0.05) is 6.07 Å². The van der Waals surface area contributed by atoms with Gasteiger partial charge in [0.05, 0.1) is 6.61 Å². The van der Waals surface area contributed by atoms with Gasteiger partial charge in [-0.25, -0.2) is 0 Å². The summed E-state index contributed by atoms with van der Waals surface area (Å²) in [5.74, 6) is -0.374. The van der Waals surface area contributed by atoms with Gasteiger partial charge in [0.25, 0.3) is 0 Å². The quantitative estimate of drug-likeness (QED) is 0.679. The van der Waals surface area contributed by atoms with Gasteiger partial charge >= 0.3 is 0 Å². The first-order valence-electron chi connectivity index (χ1n) is 4.79. The number of rotatable bonds is 3. The van der Waals surface area contributed by atoms with Crippen LogP contribution in [0.1, 0.15) is 11.1 Å². The van der Waals surface area contributed by atoms with Crippen LogP contribution in [-0.4, -0.2) is 23.7 Å². The summed E-state index contributed by atoms with van der Waals surface area (Å²) in [6, 6.07) is 4.74. The third kappa shape index (κ3) is 3.04. The standard InChI is InChI=1S/C11H16N2O2/c1-7-3-4-9(5-8(7)2)13-11(15)10(12)6-14/h3-5,10,14H,6,12H2,1-2H3,(H,13,15). The summed E-state index contributed by atoms with van der Waals surface area (Å²) < 4.78 is 0. The lowest BCUT2D eigenvalue weighted by molar-refractivity contribution is -0.118. The largest absolute Gasteiger partial charge is 0.394 e. The van der Waals surface area contributed by atoms with Crippen molar-refractivity contribution in [2.75, 3.05) is 11.9 Å². The van der Waals surface area contributed by atoms with Crippen molar-refractivity contribution in [1.29, 1.82) is 0 Å². The molecule has 4 nitrogen and oxygen atoms in total. The third-order valence-corrected chi connectivity index (χ3v) is 2.31. The molecule has 1 aromatic rings. The second-order valence-corrected chi connectivity index (χ2v) is 3.58. The molecule has 0 bridgehead atoms. The van der Waals surface area contributed by atoms with Crippen LogP contribution in [0.15, 0.2) is 18.2 Å². The molecule has 0 aliphatic carbocycles. The van der Waals surface area contributed by atoms with E-state index in [2.05, 4.69) is 5.32 Å². The van der Waals surface area contributed by atoms with E-state index in [1.807, 2.05) is 32.0 Å². The maximum Gasteiger partial charge on any atom is 0.243 e. The smallest absolute Gasteiger partial charge is 0.243 e. The SMILES string of the molecule is Cc1ccc(NC(=O)C(N)CO)cc1C. The molecule has 1 amide bonds. The number of hydrogen-bond donors (Lipinski definition) is 3. The fraction of sp³-hybridized carbons (Fsp3) is 0.364. The van der Waals surface area contributed by atoms with Crippen LogP contribution in [0.5, 0.6) is 0 Å². The zero-order valence-corrected chi connectivity index (χ0v) is 8.95. The molecule has 4 N–H and O–H groups in total. The number of nitrogens with one attached hydrogen (secondary N) is 1. The van der Waals surface area contributed by atoms with Crippen LogP contribution in [0.2, 0.25) is 0 Å². The predicted octanol–water partition coefficient (Wildman–Crippen LogP) is 0.562. The fourth-order valence-corrected chi connectivity index (χ4v) is 1.14. The second-order valence-electron chi connectivity index (χ2n) is 3.58. The molecule has 0 aromatic heterocycles. The van der Waals surface area contributed by atoms with Gasteiger partial charge in [0.15, 0.2) is 0 Å². The molecule has 0 spiro atoms. The van der Waals surface area contributed by atoms with Gasteiger partial charge in [0.1, 0.15) is 6.04 Å². The first-order chi connectivity index (χ1) is 7.04. The van der Waals surface area contributed by atoms with Crippen molar-refractivity contribution in [3.8, 4) is 0 Å². The van der Waals surface area contributed by atoms with Crippen molar-refractivity contribution < 1.29 is 9.90 Å². The van der Waals surface area contributed by atoms with E-state index in [0.717, 1.165) is 5.56 Å². The van der Waals surface area contributed by atoms with E-state index < -0.39 is 6.04 Å². The average molecular weight is 208 g/mol. The van der Waals surface area contributed by atoms with E-state index in [4.69, 9.17) is 10.8 Å². The molecule has 0 radical (unpaired) electrons. The van der Waals surface area contributed by atoms with Crippen molar-refractivity contribution >= 4 is 11.6 Å². The summed E-state index contributed by atoms with van der Waals surface area (Å²) >= 11 is 0. The molecule has 1 unspecified atom stereocenters. The third-order valence-electron chi connectivity index (χ3n) is 2.31. The Morgan fingerprint density at radius 1 is 1.47 bits per heavy atom. The molecular weight excluding hydrogens is 192 g/mol. The van der Waals surface area contributed by atoms with Crippen LogP contribution in [0.25, 0.3) is 0 Å². The Morgan fingerprint density at radius 2 is 2.13 bits per heavy atom. The minimum atomic E-state index is -0.869. The van der Waals surface area contributed by atoms with Crippen LogP contribution >= 0.6 is 0 Å². The van der Waals surface area contributed by atoms with E-state index in [1.165, 1.54) is 5.56 Å². The first-order valence-corrected chi connectivity index (χ1v) is 4.79. The second kappa shape index (κ2) is 4.91. The minimum Gasteiger partial charge on any atom is -0.394 e. The van der Waals surface area contributed by atoms with E-state index in [0.29, 0.717) is 5.69 Å². The number of aliphatic hydroxyl groups is 1. The molecule has 0 saturated carbocycles. The molecule has 82 valence electrons. The van der Waals surface area contributed by atoms with Crippen LogP contribution in [-0.2, 0) is 4.79 Å². The highest BCUT2D eigenvalue weighted by Crippen LogP contribution is 2.14. The normalized spacial score (nSPS) is 12.3. The molecule has 0 fully saturated rings. The van der Waals surface area contributed by atoms with Crippen LogP contribution < -0.4 is 11.1 Å². The topological polar surface area (TPSA) is 75.4 Å². The van der Waals surface area contributed by atoms with Crippen molar-refractivity contribution in [2.45, 2.75) is 19.9 Å². The summed E-state index contributed by atoms with van der Waals surface area (Å²) in [5, 5.41) is 11.3. The Balaban J connectivity index is 2.73. The van der Waals surface area contributed by atoms with Gasteiger partial charge in [-0.05, 0) is 37.1 Å². The number of aryl methyl sites for hydroxylation is 2. The van der Waals surface area contributed by atoms with E-state index >= 15 is 0 Å². The van der Waals surface area contributed by atoms with Gasteiger partial charge in [-0.2, -0.15) is 0 Å². The Labute approximate surface area is 89.1 Å². The molecule has 4 heteroatoms. The number of amides is 1. The minimum absolute atomic E-state index is 0.351. The molecular formula is C11H16N2O2. The van der Waals surface area contributed by atoms with E-state index in [9.17, 15) is 4.79 Å². The highest BCUT2D eigenvalue weighted by atomic mass is 16.3. The van der Waals surface area contributed by atoms with E-state index in [1.54, 1.807) is 0 Å². The first kappa shape index (κ1) is 11.7. The van der Waals surface area contributed by atoms with Gasteiger partial charge in [0.2, 0.25) is 5.91 Å². The summed E-state index contributed by atoms with van der Waals surface area (Å²) in [6.45, 7) is 3.62. The summed E-state index contributed by atoms with van der Waals surface area (Å²) in [6.07, 6.45) is 0. The summed E-state index contributed by atoms with van der Waals surface area (Å²) in [5.41, 5.74) is 8.34. The number of nitrogens with two attached hydrogens (primary N) is 1. The van der Waals surface area contributed by atoms with Gasteiger partial charge in [-0.3, -0.25) is 4.79 Å². The van der Waals surface area contributed by atoms with Crippen LogP contribution in [0.4, 0.5) is 5.69 Å². The molecule has 0 aliphatic rings. The Kier molecular flexibility index (Phi) is 3.82. The number of aliphatic hydroxyl groups excluding tert-OH is 1. The van der Waals surface area contributed by atoms with Gasteiger partial charge in [-0.15, -0.1) is 0 Å². The van der Waals surface area contributed by atoms with Crippen molar-refractivity contribution in [2.24, 2.45) is 5.73 Å². The number of hydrogen-bond acceptors (Lipinski definition) is 3. The Bertz CT molecular complexity index is 364. The maximum absolute atomic E-state index is 11.3. The molecule has 1 aromatic carbocycles. The number of carbonyl (C=O) groups is 1. The zero-order valence-electron chi connectivity index (χ0n) is 8.95. The predicted molar refractivity (Wildman–Crippen MR) is 59.6 cm³/mol. The van der Waals surface area contributed by atoms with Crippen LogP contribution in [0.3, 0.4) is 0 Å². The molecule has 15 heavy (non-hydrogen) atoms. The van der Waals surface area contributed by atoms with Gasteiger partial charge in [0, 0.05) is 5.69 Å². The number of anilines is 1. The Hall–Kier alpha value is -1.39. The summed E-state index contributed by atoms with van der Waals surface area (Å²) in [4.78, 5) is 11.3. The lowest BCUT2D eigenvalue weighted by Crippen LogP contribution is -2.38. The molecule has 1 atom stereocenters. The molecule has 0 heterocycles. The fourth-order valence-electron chi connectivity index (χ4n) is 1.14. The van der Waals surface area contributed by atoms with Gasteiger partial charge < -0.3 is 16.2 Å². The van der Waals surface area contributed by atoms with Crippen molar-refractivity contribution in [3.63, 3.8) is 0 Å². The molecule has 0 aliphatic heterocycles. The van der Waals surface area contributed by atoms with E-state index in [-0.39, 0.29) is 12.5 Å². The highest BCUT2D eigenvalue weighted by molar-refractivity contribution is 5.94. The van der Waals surface area contributed by atoms with Crippen LogP contribution in [0, 0.1) is 13.8 Å². The number of carbonyl (C=O) groups excluding carboxylic acids is 1. The summed E-state index contributed by atoms with van der Waals surface area (Å²) in [7, 11) is 0. The average Bonchev–Trinajstić information content (AvgIpc) is 2.22. The zero-order chi connectivity index (χ0) is 11.4. The molecule has 0 saturated heterocycles. The maximum atomic E-state index is 11.3. The van der Waals surface area contributed by atoms with Crippen molar-refractivity contribution in [3.05, 3.63) is 29.3 Å². The molecule has 1 rings (SSSR count).